The summed E-state index contributed by atoms with van der Waals surface area (Å²) in [5.41, 5.74) is 8.89. The Morgan fingerprint density at radius 3 is 2.14 bits per heavy atom. The zero-order valence-corrected chi connectivity index (χ0v) is 17.0. The Balaban J connectivity index is 1.84. The summed E-state index contributed by atoms with van der Waals surface area (Å²) in [6.45, 7) is 8.93. The number of para-hydroxylation sites is 1. The minimum atomic E-state index is 0.231. The lowest BCUT2D eigenvalue weighted by Gasteiger charge is -2.16. The summed E-state index contributed by atoms with van der Waals surface area (Å²) in [7, 11) is 0. The third-order valence-electron chi connectivity index (χ3n) is 5.52. The number of hydrogen-bond donors (Lipinski definition) is 0. The maximum Gasteiger partial charge on any atom is 0.227 e. The minimum absolute atomic E-state index is 0.231. The summed E-state index contributed by atoms with van der Waals surface area (Å²) in [6, 6.07) is 12.9. The van der Waals surface area contributed by atoms with Crippen molar-refractivity contribution in [1.82, 2.24) is 9.55 Å². The molecule has 4 rings (SSSR count). The van der Waals surface area contributed by atoms with Gasteiger partial charge < -0.3 is 0 Å². The fourth-order valence-electron chi connectivity index (χ4n) is 4.21. The number of rotatable bonds is 3. The zero-order valence-electron chi connectivity index (χ0n) is 17.0. The van der Waals surface area contributed by atoms with E-state index in [9.17, 15) is 0 Å². The Morgan fingerprint density at radius 1 is 0.821 bits per heavy atom. The van der Waals surface area contributed by atoms with E-state index in [1.165, 1.54) is 33.4 Å². The molecular formula is C25H25BN2. The Labute approximate surface area is 168 Å². The van der Waals surface area contributed by atoms with Gasteiger partial charge in [0.15, 0.2) is 0 Å². The maximum absolute atomic E-state index is 4.73. The van der Waals surface area contributed by atoms with Gasteiger partial charge in [0, 0.05) is 18.0 Å². The Bertz CT molecular complexity index is 1070. The van der Waals surface area contributed by atoms with E-state index < -0.39 is 0 Å². The van der Waals surface area contributed by atoms with Crippen LogP contribution >= 0.6 is 0 Å². The lowest BCUT2D eigenvalue weighted by molar-refractivity contribution is 0.997. The molecule has 0 saturated carbocycles. The highest BCUT2D eigenvalue weighted by atomic mass is 15.1. The van der Waals surface area contributed by atoms with E-state index in [0.717, 1.165) is 11.4 Å². The van der Waals surface area contributed by atoms with Crippen molar-refractivity contribution in [2.75, 3.05) is 0 Å². The fraction of sp³-hybridized carbons (Fsp3) is 0.160. The first-order chi connectivity index (χ1) is 13.6. The number of allylic oxidation sites excluding steroid dienone is 4. The van der Waals surface area contributed by atoms with Crippen LogP contribution in [0.4, 0.5) is 0 Å². The topological polar surface area (TPSA) is 17.8 Å². The normalized spacial score (nSPS) is 13.6. The molecule has 0 N–H and O–H groups in total. The van der Waals surface area contributed by atoms with Gasteiger partial charge in [0.2, 0.25) is 6.71 Å². The summed E-state index contributed by atoms with van der Waals surface area (Å²) in [5, 5.41) is 0. The number of imidazole rings is 1. The predicted molar refractivity (Wildman–Crippen MR) is 121 cm³/mol. The molecule has 2 nitrogen and oxygen atoms in total. The van der Waals surface area contributed by atoms with Gasteiger partial charge in [-0.1, -0.05) is 77.2 Å². The Hall–Kier alpha value is -3.07. The van der Waals surface area contributed by atoms with Gasteiger partial charge >= 0.3 is 0 Å². The molecule has 0 saturated heterocycles. The molecule has 3 heteroatoms. The van der Waals surface area contributed by atoms with Crippen LogP contribution in [-0.4, -0.2) is 16.3 Å². The van der Waals surface area contributed by atoms with Crippen molar-refractivity contribution in [3.63, 3.8) is 0 Å². The van der Waals surface area contributed by atoms with Crippen LogP contribution in [0.15, 0.2) is 79.0 Å². The number of aromatic nitrogens is 2. The van der Waals surface area contributed by atoms with Crippen molar-refractivity contribution in [2.24, 2.45) is 0 Å². The smallest absolute Gasteiger partial charge is 0.227 e. The van der Waals surface area contributed by atoms with Gasteiger partial charge in [-0.3, -0.25) is 4.57 Å². The monoisotopic (exact) mass is 364 g/mol. The first-order valence-corrected chi connectivity index (χ1v) is 9.79. The number of benzene rings is 2. The first-order valence-electron chi connectivity index (χ1n) is 9.79. The minimum Gasteiger partial charge on any atom is -0.299 e. The van der Waals surface area contributed by atoms with Gasteiger partial charge in [-0.05, 0) is 38.8 Å². The molecule has 0 amide bonds. The molecule has 1 aliphatic rings. The van der Waals surface area contributed by atoms with E-state index in [-0.39, 0.29) is 6.71 Å². The molecule has 28 heavy (non-hydrogen) atoms. The zero-order chi connectivity index (χ0) is 19.7. The van der Waals surface area contributed by atoms with Crippen molar-refractivity contribution in [3.8, 4) is 5.69 Å². The molecule has 0 aliphatic carbocycles. The SMILES string of the molecule is Cc1cccc(C)c1B1C=CC=CC(c2nccn2-c2c(C)cccc2C)=C1. The largest absolute Gasteiger partial charge is 0.299 e. The van der Waals surface area contributed by atoms with Crippen LogP contribution in [0.3, 0.4) is 0 Å². The van der Waals surface area contributed by atoms with Crippen molar-refractivity contribution in [1.29, 1.82) is 0 Å². The van der Waals surface area contributed by atoms with Crippen LogP contribution in [0, 0.1) is 27.7 Å². The average molecular weight is 364 g/mol. The third kappa shape index (κ3) is 3.29. The van der Waals surface area contributed by atoms with Crippen LogP contribution in [-0.2, 0) is 0 Å². The predicted octanol–water partition coefficient (Wildman–Crippen LogP) is 5.10. The molecule has 0 atom stereocenters. The molecule has 1 aliphatic heterocycles. The van der Waals surface area contributed by atoms with Crippen molar-refractivity contribution in [2.45, 2.75) is 27.7 Å². The summed E-state index contributed by atoms with van der Waals surface area (Å²) in [4.78, 5) is 4.73. The van der Waals surface area contributed by atoms with Crippen molar-refractivity contribution in [3.05, 3.63) is 107 Å². The van der Waals surface area contributed by atoms with E-state index >= 15 is 0 Å². The Morgan fingerprint density at radius 2 is 1.46 bits per heavy atom. The molecule has 0 fully saturated rings. The molecule has 3 aromatic rings. The van der Waals surface area contributed by atoms with Gasteiger partial charge in [0.05, 0.1) is 5.69 Å². The van der Waals surface area contributed by atoms with Crippen LogP contribution < -0.4 is 5.46 Å². The molecular weight excluding hydrogens is 339 g/mol. The highest BCUT2D eigenvalue weighted by Gasteiger charge is 2.19. The van der Waals surface area contributed by atoms with Crippen LogP contribution in [0.25, 0.3) is 11.3 Å². The van der Waals surface area contributed by atoms with Crippen LogP contribution in [0.2, 0.25) is 0 Å². The number of aryl methyl sites for hydroxylation is 4. The van der Waals surface area contributed by atoms with E-state index in [0.29, 0.717) is 0 Å². The first kappa shape index (κ1) is 18.3. The van der Waals surface area contributed by atoms with Crippen LogP contribution in [0.1, 0.15) is 28.1 Å². The van der Waals surface area contributed by atoms with Gasteiger partial charge in [0.25, 0.3) is 0 Å². The quantitative estimate of drug-likeness (QED) is 0.592. The molecule has 0 spiro atoms. The molecule has 138 valence electrons. The highest BCUT2D eigenvalue weighted by Crippen LogP contribution is 2.25. The summed E-state index contributed by atoms with van der Waals surface area (Å²) < 4.78 is 2.22. The van der Waals surface area contributed by atoms with Gasteiger partial charge in [0.1, 0.15) is 5.82 Å². The highest BCUT2D eigenvalue weighted by molar-refractivity contribution is 6.83. The molecule has 2 heterocycles. The summed E-state index contributed by atoms with van der Waals surface area (Å²) >= 11 is 0. The number of nitrogens with zero attached hydrogens (tertiary/aromatic N) is 2. The van der Waals surface area contributed by atoms with Crippen molar-refractivity contribution < 1.29 is 0 Å². The maximum atomic E-state index is 4.73. The van der Waals surface area contributed by atoms with E-state index in [1.54, 1.807) is 0 Å². The third-order valence-corrected chi connectivity index (χ3v) is 5.52. The molecule has 0 unspecified atom stereocenters. The van der Waals surface area contributed by atoms with Gasteiger partial charge in [-0.2, -0.15) is 0 Å². The van der Waals surface area contributed by atoms with Gasteiger partial charge in [-0.25, -0.2) is 4.98 Å². The lowest BCUT2D eigenvalue weighted by atomic mass is 9.43. The fourth-order valence-corrected chi connectivity index (χ4v) is 4.21. The van der Waals surface area contributed by atoms with Crippen molar-refractivity contribution >= 4 is 17.7 Å². The van der Waals surface area contributed by atoms with Gasteiger partial charge in [-0.15, -0.1) is 5.98 Å². The standard InChI is InChI=1S/C25H25BN2/c1-18-9-7-10-19(2)23(18)26-14-6-5-13-22(17-26)25-27-15-16-28(25)24-20(3)11-8-12-21(24)4/h5-17H,1-4H3. The summed E-state index contributed by atoms with van der Waals surface area (Å²) in [5.74, 6) is 5.58. The second kappa shape index (κ2) is 7.51. The lowest BCUT2D eigenvalue weighted by Crippen LogP contribution is -2.31. The second-order valence-corrected chi connectivity index (χ2v) is 7.56. The van der Waals surface area contributed by atoms with E-state index in [2.05, 4.69) is 105 Å². The summed E-state index contributed by atoms with van der Waals surface area (Å²) in [6.07, 6.45) is 10.4. The second-order valence-electron chi connectivity index (χ2n) is 7.56. The molecule has 2 aromatic carbocycles. The average Bonchev–Trinajstić information content (AvgIpc) is 3.00. The van der Waals surface area contributed by atoms with Crippen LogP contribution in [0.5, 0.6) is 0 Å². The molecule has 1 aromatic heterocycles. The number of hydrogen-bond acceptors (Lipinski definition) is 1. The van der Waals surface area contributed by atoms with E-state index in [1.807, 2.05) is 6.20 Å². The Kier molecular flexibility index (Phi) is 4.91. The molecule has 0 bridgehead atoms. The van der Waals surface area contributed by atoms with E-state index in [4.69, 9.17) is 4.98 Å². The molecule has 0 radical (unpaired) electrons.